The maximum Gasteiger partial charge on any atom is 0.290 e. The van der Waals surface area contributed by atoms with E-state index in [1.807, 2.05) is 0 Å². The van der Waals surface area contributed by atoms with Gasteiger partial charge in [-0.3, -0.25) is 9.78 Å². The van der Waals surface area contributed by atoms with Crippen LogP contribution in [-0.2, 0) is 14.6 Å². The molecule has 3 N–H and O–H groups in total. The summed E-state index contributed by atoms with van der Waals surface area (Å²) in [5, 5.41) is 6.51. The van der Waals surface area contributed by atoms with Gasteiger partial charge >= 0.3 is 0 Å². The number of rotatable bonds is 4. The summed E-state index contributed by atoms with van der Waals surface area (Å²) in [7, 11) is -3.49. The fourth-order valence-corrected chi connectivity index (χ4v) is 4.51. The first-order valence-electron chi connectivity index (χ1n) is 8.53. The zero-order valence-corrected chi connectivity index (χ0v) is 15.9. The van der Waals surface area contributed by atoms with E-state index < -0.39 is 15.7 Å². The molecular weight excluding hydrogens is 399 g/mol. The zero-order valence-electron chi connectivity index (χ0n) is 15.1. The summed E-state index contributed by atoms with van der Waals surface area (Å²) in [6.07, 6.45) is 5.46. The van der Waals surface area contributed by atoms with Gasteiger partial charge < -0.3 is 10.8 Å². The molecule has 1 aliphatic rings. The number of aromatic nitrogens is 3. The van der Waals surface area contributed by atoms with Crippen LogP contribution in [0.3, 0.4) is 0 Å². The van der Waals surface area contributed by atoms with Gasteiger partial charge in [0.15, 0.2) is 14.9 Å². The molecule has 0 unspecified atom stereocenters. The molecule has 0 saturated heterocycles. The van der Waals surface area contributed by atoms with E-state index in [4.69, 9.17) is 15.6 Å². The van der Waals surface area contributed by atoms with Gasteiger partial charge in [-0.2, -0.15) is 0 Å². The van der Waals surface area contributed by atoms with Crippen LogP contribution >= 0.6 is 0 Å². The lowest BCUT2D eigenvalue weighted by Gasteiger charge is -2.10. The summed E-state index contributed by atoms with van der Waals surface area (Å²) in [6.45, 7) is -0.250. The largest absolute Gasteiger partial charge is 0.483 e. The number of benzene rings is 1. The van der Waals surface area contributed by atoms with Crippen LogP contribution in [0.2, 0.25) is 0 Å². The second-order valence-electron chi connectivity index (χ2n) is 6.23. The molecule has 150 valence electrons. The summed E-state index contributed by atoms with van der Waals surface area (Å²) in [5.41, 5.74) is 6.95. The number of sulfone groups is 1. The Hall–Kier alpha value is -3.40. The van der Waals surface area contributed by atoms with Crippen LogP contribution in [0.25, 0.3) is 22.4 Å². The number of nitrogens with two attached hydrogens (primary N) is 1. The molecule has 4 rings (SSSR count). The van der Waals surface area contributed by atoms with E-state index in [9.17, 15) is 12.8 Å². The summed E-state index contributed by atoms with van der Waals surface area (Å²) in [5.74, 6) is -0.281. The highest BCUT2D eigenvalue weighted by Gasteiger charge is 2.39. The normalized spacial score (nSPS) is 13.3. The summed E-state index contributed by atoms with van der Waals surface area (Å²) >= 11 is 0. The van der Waals surface area contributed by atoms with Crippen molar-refractivity contribution in [2.75, 3.05) is 5.73 Å². The highest BCUT2D eigenvalue weighted by atomic mass is 32.2. The van der Waals surface area contributed by atoms with E-state index in [-0.39, 0.29) is 28.1 Å². The maximum atomic E-state index is 14.7. The van der Waals surface area contributed by atoms with Crippen LogP contribution < -0.4 is 5.73 Å². The molecule has 1 aromatic carbocycles. The topological polar surface area (TPSA) is 136 Å². The number of nitrogen functional groups attached to an aromatic ring is 1. The third kappa shape index (κ3) is 4.37. The lowest BCUT2D eigenvalue weighted by molar-refractivity contribution is -0.122. The number of pyridine rings is 1. The SMILES string of the molecule is Nc1cnc(-c2ccc(-c3cccnc3S(=O)(=O)C3CC3)cc2F)cn1.O=CO. The molecule has 2 aromatic heterocycles. The molecule has 0 spiro atoms. The first kappa shape index (κ1) is 20.3. The minimum absolute atomic E-state index is 0.00178. The zero-order chi connectivity index (χ0) is 21.0. The predicted octanol–water partition coefficient (Wildman–Crippen LogP) is 2.56. The third-order valence-corrected chi connectivity index (χ3v) is 6.45. The van der Waals surface area contributed by atoms with Gasteiger partial charge in [-0.25, -0.2) is 22.8 Å². The minimum Gasteiger partial charge on any atom is -0.483 e. The molecule has 1 saturated carbocycles. The smallest absolute Gasteiger partial charge is 0.290 e. The van der Waals surface area contributed by atoms with Gasteiger partial charge in [0.25, 0.3) is 6.47 Å². The average Bonchev–Trinajstić information content (AvgIpc) is 3.55. The van der Waals surface area contributed by atoms with Crippen LogP contribution in [0.1, 0.15) is 12.8 Å². The van der Waals surface area contributed by atoms with E-state index in [0.29, 0.717) is 29.7 Å². The van der Waals surface area contributed by atoms with Gasteiger partial charge in [-0.1, -0.05) is 6.07 Å². The lowest BCUT2D eigenvalue weighted by atomic mass is 10.0. The number of carboxylic acid groups (broad SMARTS) is 1. The Morgan fingerprint density at radius 3 is 2.41 bits per heavy atom. The van der Waals surface area contributed by atoms with Crippen molar-refractivity contribution in [1.82, 2.24) is 15.0 Å². The Labute approximate surface area is 166 Å². The molecule has 0 atom stereocenters. The van der Waals surface area contributed by atoms with Crippen LogP contribution in [0.5, 0.6) is 0 Å². The quantitative estimate of drug-likeness (QED) is 0.619. The molecule has 2 heterocycles. The molecular formula is C19H17FN4O4S. The molecule has 0 radical (unpaired) electrons. The van der Waals surface area contributed by atoms with Gasteiger partial charge in [0.1, 0.15) is 11.6 Å². The highest BCUT2D eigenvalue weighted by molar-refractivity contribution is 7.92. The molecule has 3 aromatic rings. The van der Waals surface area contributed by atoms with Crippen LogP contribution in [-0.4, -0.2) is 40.2 Å². The van der Waals surface area contributed by atoms with Gasteiger partial charge in [-0.15, -0.1) is 0 Å². The van der Waals surface area contributed by atoms with Crippen molar-refractivity contribution >= 4 is 22.1 Å². The predicted molar refractivity (Wildman–Crippen MR) is 104 cm³/mol. The standard InChI is InChI=1S/C18H15FN4O2S.CH2O2/c19-15-8-11(3-6-14(15)16-9-23-17(20)10-22-16)13-2-1-7-21-18(13)26(24,25)12-4-5-12;2-1-3/h1-3,6-10,12H,4-5H2,(H2,20,23);1H,(H,2,3). The lowest BCUT2D eigenvalue weighted by Crippen LogP contribution is -2.10. The molecule has 29 heavy (non-hydrogen) atoms. The van der Waals surface area contributed by atoms with Gasteiger partial charge in [0.05, 0.1) is 23.3 Å². The van der Waals surface area contributed by atoms with Crippen molar-refractivity contribution in [1.29, 1.82) is 0 Å². The number of anilines is 1. The van der Waals surface area contributed by atoms with Crippen molar-refractivity contribution in [3.05, 3.63) is 54.7 Å². The van der Waals surface area contributed by atoms with Gasteiger partial charge in [0, 0.05) is 17.3 Å². The maximum absolute atomic E-state index is 14.7. The fraction of sp³-hybridized carbons (Fsp3) is 0.158. The van der Waals surface area contributed by atoms with E-state index in [0.717, 1.165) is 0 Å². The molecule has 0 amide bonds. The van der Waals surface area contributed by atoms with Crippen molar-refractivity contribution in [3.63, 3.8) is 0 Å². The van der Waals surface area contributed by atoms with Crippen molar-refractivity contribution in [2.24, 2.45) is 0 Å². The first-order chi connectivity index (χ1) is 13.9. The van der Waals surface area contributed by atoms with E-state index >= 15 is 0 Å². The molecule has 0 bridgehead atoms. The molecule has 1 aliphatic carbocycles. The highest BCUT2D eigenvalue weighted by Crippen LogP contribution is 2.37. The summed E-state index contributed by atoms with van der Waals surface area (Å²) in [6, 6.07) is 7.76. The molecule has 0 aliphatic heterocycles. The van der Waals surface area contributed by atoms with Crippen LogP contribution in [0.4, 0.5) is 10.2 Å². The molecule has 8 nitrogen and oxygen atoms in total. The third-order valence-electron chi connectivity index (χ3n) is 4.23. The summed E-state index contributed by atoms with van der Waals surface area (Å²) in [4.78, 5) is 20.4. The second kappa shape index (κ2) is 8.31. The van der Waals surface area contributed by atoms with Crippen molar-refractivity contribution in [3.8, 4) is 22.4 Å². The van der Waals surface area contributed by atoms with Gasteiger partial charge in [0.2, 0.25) is 0 Å². The fourth-order valence-electron chi connectivity index (χ4n) is 2.74. The number of hydrogen-bond acceptors (Lipinski definition) is 7. The number of halogens is 1. The monoisotopic (exact) mass is 416 g/mol. The molecule has 1 fully saturated rings. The Morgan fingerprint density at radius 1 is 1.10 bits per heavy atom. The van der Waals surface area contributed by atoms with Gasteiger partial charge in [-0.05, 0) is 42.7 Å². The first-order valence-corrected chi connectivity index (χ1v) is 10.1. The Bertz CT molecular complexity index is 1130. The Morgan fingerprint density at radius 2 is 1.83 bits per heavy atom. The van der Waals surface area contributed by atoms with Crippen molar-refractivity contribution < 1.29 is 22.7 Å². The van der Waals surface area contributed by atoms with Crippen LogP contribution in [0, 0.1) is 5.82 Å². The van der Waals surface area contributed by atoms with Crippen molar-refractivity contribution in [2.45, 2.75) is 23.1 Å². The Balaban J connectivity index is 0.000000755. The Kier molecular flexibility index (Phi) is 5.83. The summed E-state index contributed by atoms with van der Waals surface area (Å²) < 4.78 is 39.9. The van der Waals surface area contributed by atoms with E-state index in [1.54, 1.807) is 24.3 Å². The van der Waals surface area contributed by atoms with E-state index in [1.165, 1.54) is 24.7 Å². The second-order valence-corrected chi connectivity index (χ2v) is 8.37. The van der Waals surface area contributed by atoms with E-state index in [2.05, 4.69) is 15.0 Å². The number of carbonyl (C=O) groups is 1. The van der Waals surface area contributed by atoms with Crippen LogP contribution in [0.15, 0.2) is 53.9 Å². The molecule has 10 heteroatoms. The number of nitrogens with zero attached hydrogens (tertiary/aromatic N) is 3. The average molecular weight is 416 g/mol. The number of hydrogen-bond donors (Lipinski definition) is 2. The minimum atomic E-state index is -3.49.